The molecule has 1 saturated carbocycles. The fourth-order valence-electron chi connectivity index (χ4n) is 3.35. The molecule has 1 aliphatic heterocycles. The molecular formula is C17H24N2O. The van der Waals surface area contributed by atoms with Gasteiger partial charge in [-0.25, -0.2) is 0 Å². The number of rotatable bonds is 2. The van der Waals surface area contributed by atoms with Crippen molar-refractivity contribution in [3.8, 4) is 0 Å². The van der Waals surface area contributed by atoms with Crippen LogP contribution in [0.5, 0.6) is 0 Å². The Hall–Kier alpha value is -1.51. The topological polar surface area (TPSA) is 41.1 Å². The summed E-state index contributed by atoms with van der Waals surface area (Å²) >= 11 is 0. The minimum absolute atomic E-state index is 0.210. The highest BCUT2D eigenvalue weighted by Crippen LogP contribution is 2.27. The van der Waals surface area contributed by atoms with Crippen molar-refractivity contribution in [3.05, 3.63) is 23.8 Å². The summed E-state index contributed by atoms with van der Waals surface area (Å²) in [5, 5.41) is 6.47. The summed E-state index contributed by atoms with van der Waals surface area (Å²) in [6.07, 6.45) is 9.48. The standard InChI is InChI=1S/C17H24N2O/c20-17(13-6-4-2-1-3-5-7-13)19-15-8-9-16-14(12-15)10-11-18-16/h8-9,12-13,18H,1-7,10-11H2,(H,19,20). The van der Waals surface area contributed by atoms with Crippen molar-refractivity contribution in [1.82, 2.24) is 0 Å². The molecule has 1 aliphatic carbocycles. The lowest BCUT2D eigenvalue weighted by atomic mass is 9.90. The van der Waals surface area contributed by atoms with Gasteiger partial charge in [0.1, 0.15) is 0 Å². The van der Waals surface area contributed by atoms with Crippen LogP contribution in [-0.2, 0) is 11.2 Å². The zero-order chi connectivity index (χ0) is 13.8. The number of carbonyl (C=O) groups is 1. The molecule has 20 heavy (non-hydrogen) atoms. The zero-order valence-corrected chi connectivity index (χ0v) is 12.1. The molecule has 0 radical (unpaired) electrons. The average Bonchev–Trinajstić information content (AvgIpc) is 2.85. The van der Waals surface area contributed by atoms with Gasteiger partial charge < -0.3 is 10.6 Å². The fraction of sp³-hybridized carbons (Fsp3) is 0.588. The van der Waals surface area contributed by atoms with Gasteiger partial charge in [0.05, 0.1) is 0 Å². The number of hydrogen-bond donors (Lipinski definition) is 2. The number of nitrogens with one attached hydrogen (secondary N) is 2. The van der Waals surface area contributed by atoms with E-state index in [-0.39, 0.29) is 11.8 Å². The number of anilines is 2. The molecule has 0 unspecified atom stereocenters. The van der Waals surface area contributed by atoms with Gasteiger partial charge in [0.2, 0.25) is 5.91 Å². The van der Waals surface area contributed by atoms with Crippen molar-refractivity contribution in [2.24, 2.45) is 5.92 Å². The van der Waals surface area contributed by atoms with Crippen molar-refractivity contribution in [2.45, 2.75) is 51.4 Å². The smallest absolute Gasteiger partial charge is 0.227 e. The molecule has 1 aromatic carbocycles. The highest BCUT2D eigenvalue weighted by atomic mass is 16.1. The molecule has 0 atom stereocenters. The molecular weight excluding hydrogens is 248 g/mol. The maximum Gasteiger partial charge on any atom is 0.227 e. The van der Waals surface area contributed by atoms with E-state index in [0.717, 1.165) is 31.5 Å². The fourth-order valence-corrected chi connectivity index (χ4v) is 3.35. The molecule has 0 spiro atoms. The Balaban J connectivity index is 1.62. The third kappa shape index (κ3) is 3.14. The summed E-state index contributed by atoms with van der Waals surface area (Å²) < 4.78 is 0. The van der Waals surface area contributed by atoms with Gasteiger partial charge in [0, 0.05) is 23.8 Å². The van der Waals surface area contributed by atoms with Gasteiger partial charge in [-0.05, 0) is 43.0 Å². The molecule has 3 rings (SSSR count). The second-order valence-electron chi connectivity index (χ2n) is 6.08. The van der Waals surface area contributed by atoms with Crippen LogP contribution in [-0.4, -0.2) is 12.5 Å². The zero-order valence-electron chi connectivity index (χ0n) is 12.1. The lowest BCUT2D eigenvalue weighted by Crippen LogP contribution is -2.23. The Bertz CT molecular complexity index is 476. The summed E-state index contributed by atoms with van der Waals surface area (Å²) in [6.45, 7) is 1.01. The van der Waals surface area contributed by atoms with Gasteiger partial charge in [-0.1, -0.05) is 32.1 Å². The van der Waals surface area contributed by atoms with Crippen LogP contribution in [0, 0.1) is 5.92 Å². The van der Waals surface area contributed by atoms with E-state index in [9.17, 15) is 4.79 Å². The number of carbonyl (C=O) groups excluding carboxylic acids is 1. The third-order valence-electron chi connectivity index (χ3n) is 4.56. The maximum atomic E-state index is 12.4. The molecule has 2 N–H and O–H groups in total. The van der Waals surface area contributed by atoms with Crippen molar-refractivity contribution in [3.63, 3.8) is 0 Å². The molecule has 3 nitrogen and oxygen atoms in total. The Labute approximate surface area is 121 Å². The third-order valence-corrected chi connectivity index (χ3v) is 4.56. The second-order valence-corrected chi connectivity index (χ2v) is 6.08. The summed E-state index contributed by atoms with van der Waals surface area (Å²) in [5.74, 6) is 0.430. The largest absolute Gasteiger partial charge is 0.384 e. The van der Waals surface area contributed by atoms with Gasteiger partial charge in [-0.15, -0.1) is 0 Å². The summed E-state index contributed by atoms with van der Waals surface area (Å²) in [4.78, 5) is 12.4. The molecule has 1 aromatic rings. The molecule has 0 bridgehead atoms. The van der Waals surface area contributed by atoms with Crippen LogP contribution in [0.25, 0.3) is 0 Å². The normalized spacial score (nSPS) is 19.6. The Morgan fingerprint density at radius 1 is 1.10 bits per heavy atom. The number of benzene rings is 1. The van der Waals surface area contributed by atoms with E-state index in [1.165, 1.54) is 43.4 Å². The number of hydrogen-bond acceptors (Lipinski definition) is 2. The van der Waals surface area contributed by atoms with Crippen LogP contribution in [0.3, 0.4) is 0 Å². The molecule has 108 valence electrons. The Morgan fingerprint density at radius 3 is 2.65 bits per heavy atom. The SMILES string of the molecule is O=C(Nc1ccc2c(c1)CCN2)C1CCCCCCC1. The van der Waals surface area contributed by atoms with E-state index in [2.05, 4.69) is 22.8 Å². The van der Waals surface area contributed by atoms with Crippen molar-refractivity contribution in [1.29, 1.82) is 0 Å². The lowest BCUT2D eigenvalue weighted by Gasteiger charge is -2.19. The summed E-state index contributed by atoms with van der Waals surface area (Å²) in [7, 11) is 0. The predicted octanol–water partition coefficient (Wildman–Crippen LogP) is 3.95. The van der Waals surface area contributed by atoms with Crippen LogP contribution < -0.4 is 10.6 Å². The molecule has 0 saturated heterocycles. The van der Waals surface area contributed by atoms with E-state index < -0.39 is 0 Å². The highest BCUT2D eigenvalue weighted by Gasteiger charge is 2.20. The lowest BCUT2D eigenvalue weighted by molar-refractivity contribution is -0.120. The van der Waals surface area contributed by atoms with E-state index >= 15 is 0 Å². The van der Waals surface area contributed by atoms with Gasteiger partial charge in [-0.3, -0.25) is 4.79 Å². The minimum atomic E-state index is 0.210. The summed E-state index contributed by atoms with van der Waals surface area (Å²) in [6, 6.07) is 6.21. The van der Waals surface area contributed by atoms with Gasteiger partial charge in [-0.2, -0.15) is 0 Å². The van der Waals surface area contributed by atoms with Gasteiger partial charge in [0.25, 0.3) is 0 Å². The molecule has 1 fully saturated rings. The van der Waals surface area contributed by atoms with Crippen LogP contribution in [0.1, 0.15) is 50.5 Å². The first-order chi connectivity index (χ1) is 9.83. The van der Waals surface area contributed by atoms with E-state index in [4.69, 9.17) is 0 Å². The predicted molar refractivity (Wildman–Crippen MR) is 83.1 cm³/mol. The Kier molecular flexibility index (Phi) is 4.24. The van der Waals surface area contributed by atoms with Gasteiger partial charge >= 0.3 is 0 Å². The molecule has 3 heteroatoms. The first kappa shape index (κ1) is 13.5. The van der Waals surface area contributed by atoms with Crippen molar-refractivity contribution in [2.75, 3.05) is 17.2 Å². The van der Waals surface area contributed by atoms with Crippen LogP contribution >= 0.6 is 0 Å². The van der Waals surface area contributed by atoms with Crippen LogP contribution in [0.4, 0.5) is 11.4 Å². The number of amides is 1. The molecule has 0 aromatic heterocycles. The minimum Gasteiger partial charge on any atom is -0.384 e. The molecule has 1 amide bonds. The molecule has 1 heterocycles. The second kappa shape index (κ2) is 6.29. The average molecular weight is 272 g/mol. The first-order valence-electron chi connectivity index (χ1n) is 8.00. The van der Waals surface area contributed by atoms with E-state index in [1.54, 1.807) is 0 Å². The van der Waals surface area contributed by atoms with Crippen LogP contribution in [0.2, 0.25) is 0 Å². The highest BCUT2D eigenvalue weighted by molar-refractivity contribution is 5.93. The van der Waals surface area contributed by atoms with E-state index in [1.807, 2.05) is 6.07 Å². The van der Waals surface area contributed by atoms with Crippen LogP contribution in [0.15, 0.2) is 18.2 Å². The van der Waals surface area contributed by atoms with Crippen molar-refractivity contribution >= 4 is 17.3 Å². The number of fused-ring (bicyclic) bond motifs is 1. The quantitative estimate of drug-likeness (QED) is 0.855. The van der Waals surface area contributed by atoms with E-state index in [0.29, 0.717) is 0 Å². The first-order valence-corrected chi connectivity index (χ1v) is 8.00. The van der Waals surface area contributed by atoms with Gasteiger partial charge in [0.15, 0.2) is 0 Å². The van der Waals surface area contributed by atoms with Crippen molar-refractivity contribution < 1.29 is 4.79 Å². The Morgan fingerprint density at radius 2 is 1.85 bits per heavy atom. The molecule has 2 aliphatic rings. The summed E-state index contributed by atoms with van der Waals surface area (Å²) in [5.41, 5.74) is 3.49. The maximum absolute atomic E-state index is 12.4. The monoisotopic (exact) mass is 272 g/mol.